The summed E-state index contributed by atoms with van der Waals surface area (Å²) in [6.45, 7) is 2.75. The van der Waals surface area contributed by atoms with Gasteiger partial charge in [0.1, 0.15) is 5.69 Å². The van der Waals surface area contributed by atoms with Crippen LogP contribution in [0, 0.1) is 16.0 Å². The molecule has 102 valence electrons. The topological polar surface area (TPSA) is 58.4 Å². The van der Waals surface area contributed by atoms with Crippen LogP contribution in [0.2, 0.25) is 5.02 Å². The minimum absolute atomic E-state index is 0.142. The molecule has 0 spiro atoms. The largest absolute Gasteiger partial charge is 0.364 e. The van der Waals surface area contributed by atoms with E-state index in [0.29, 0.717) is 22.7 Å². The minimum atomic E-state index is -0.332. The van der Waals surface area contributed by atoms with Gasteiger partial charge in [-0.25, -0.2) is 0 Å². The Balaban J connectivity index is 1.90. The molecule has 1 N–H and O–H groups in total. The predicted molar refractivity (Wildman–Crippen MR) is 74.8 cm³/mol. The molecule has 0 saturated carbocycles. The molecule has 6 heteroatoms. The molecular formula is C13H16ClN3O2. The number of piperidine rings is 1. The lowest BCUT2D eigenvalue weighted by atomic mass is 9.94. The zero-order valence-corrected chi connectivity index (χ0v) is 11.3. The average Bonchev–Trinajstić information content (AvgIpc) is 2.81. The van der Waals surface area contributed by atoms with Crippen LogP contribution in [0.25, 0.3) is 0 Å². The van der Waals surface area contributed by atoms with Gasteiger partial charge in [0.15, 0.2) is 0 Å². The summed E-state index contributed by atoms with van der Waals surface area (Å²) in [6, 6.07) is 5.22. The van der Waals surface area contributed by atoms with E-state index in [1.54, 1.807) is 12.1 Å². The first kappa shape index (κ1) is 12.7. The first-order valence-electron chi connectivity index (χ1n) is 6.57. The predicted octanol–water partition coefficient (Wildman–Crippen LogP) is 2.44. The SMILES string of the molecule is O=[N+]([O-])c1ccc(Cl)cc1N1CC2CCCNC2C1. The Morgan fingerprint density at radius 1 is 1.42 bits per heavy atom. The fourth-order valence-corrected chi connectivity index (χ4v) is 3.31. The van der Waals surface area contributed by atoms with Crippen LogP contribution in [0.1, 0.15) is 12.8 Å². The van der Waals surface area contributed by atoms with Gasteiger partial charge in [0.25, 0.3) is 5.69 Å². The number of nitrogens with zero attached hydrogens (tertiary/aromatic N) is 2. The van der Waals surface area contributed by atoms with Crippen LogP contribution < -0.4 is 10.2 Å². The van der Waals surface area contributed by atoms with Crippen LogP contribution in [0.15, 0.2) is 18.2 Å². The number of fused-ring (bicyclic) bond motifs is 1. The smallest absolute Gasteiger partial charge is 0.292 e. The molecule has 0 radical (unpaired) electrons. The van der Waals surface area contributed by atoms with Crippen LogP contribution in [0.3, 0.4) is 0 Å². The first-order chi connectivity index (χ1) is 9.15. The fraction of sp³-hybridized carbons (Fsp3) is 0.538. The maximum absolute atomic E-state index is 11.1. The van der Waals surface area contributed by atoms with Crippen molar-refractivity contribution in [2.45, 2.75) is 18.9 Å². The molecule has 3 rings (SSSR count). The molecule has 2 aliphatic heterocycles. The van der Waals surface area contributed by atoms with Crippen molar-refractivity contribution < 1.29 is 4.92 Å². The lowest BCUT2D eigenvalue weighted by Crippen LogP contribution is -2.40. The molecule has 0 aliphatic carbocycles. The van der Waals surface area contributed by atoms with Crippen molar-refractivity contribution in [2.24, 2.45) is 5.92 Å². The average molecular weight is 282 g/mol. The minimum Gasteiger partial charge on any atom is -0.364 e. The molecule has 0 aromatic heterocycles. The lowest BCUT2D eigenvalue weighted by molar-refractivity contribution is -0.384. The van der Waals surface area contributed by atoms with Gasteiger partial charge in [-0.2, -0.15) is 0 Å². The van der Waals surface area contributed by atoms with Crippen molar-refractivity contribution in [3.05, 3.63) is 33.3 Å². The molecule has 2 unspecified atom stereocenters. The number of anilines is 1. The Hall–Kier alpha value is -1.33. The van der Waals surface area contributed by atoms with E-state index in [2.05, 4.69) is 10.2 Å². The van der Waals surface area contributed by atoms with Gasteiger partial charge in [-0.3, -0.25) is 10.1 Å². The molecule has 2 saturated heterocycles. The molecule has 1 aromatic carbocycles. The van der Waals surface area contributed by atoms with Crippen molar-refractivity contribution in [1.82, 2.24) is 5.32 Å². The van der Waals surface area contributed by atoms with E-state index < -0.39 is 0 Å². The number of nitro benzene ring substituents is 1. The van der Waals surface area contributed by atoms with E-state index in [4.69, 9.17) is 11.6 Å². The van der Waals surface area contributed by atoms with Crippen LogP contribution in [-0.4, -0.2) is 30.6 Å². The number of benzene rings is 1. The Bertz CT molecular complexity index is 495. The molecular weight excluding hydrogens is 266 g/mol. The summed E-state index contributed by atoms with van der Waals surface area (Å²) in [4.78, 5) is 12.9. The molecule has 0 bridgehead atoms. The zero-order chi connectivity index (χ0) is 13.4. The Morgan fingerprint density at radius 2 is 2.26 bits per heavy atom. The summed E-state index contributed by atoms with van der Waals surface area (Å²) >= 11 is 5.99. The Morgan fingerprint density at radius 3 is 3.00 bits per heavy atom. The van der Waals surface area contributed by atoms with Gasteiger partial charge in [0.05, 0.1) is 4.92 Å². The van der Waals surface area contributed by atoms with Gasteiger partial charge in [-0.1, -0.05) is 11.6 Å². The van der Waals surface area contributed by atoms with E-state index in [1.165, 1.54) is 18.9 Å². The normalized spacial score (nSPS) is 26.3. The highest BCUT2D eigenvalue weighted by Crippen LogP contribution is 2.36. The second-order valence-corrected chi connectivity index (χ2v) is 5.69. The highest BCUT2D eigenvalue weighted by molar-refractivity contribution is 6.31. The standard InChI is InChI=1S/C13H16ClN3O2/c14-10-3-4-12(17(18)19)13(6-10)16-7-9-2-1-5-15-11(9)8-16/h3-4,6,9,11,15H,1-2,5,7-8H2. The summed E-state index contributed by atoms with van der Waals surface area (Å²) in [5.41, 5.74) is 0.789. The molecule has 19 heavy (non-hydrogen) atoms. The zero-order valence-electron chi connectivity index (χ0n) is 10.5. The van der Waals surface area contributed by atoms with E-state index in [1.807, 2.05) is 0 Å². The summed E-state index contributed by atoms with van der Waals surface area (Å²) in [5.74, 6) is 0.590. The number of halogens is 1. The van der Waals surface area contributed by atoms with Crippen LogP contribution in [0.4, 0.5) is 11.4 Å². The number of nitrogens with one attached hydrogen (secondary N) is 1. The monoisotopic (exact) mass is 281 g/mol. The van der Waals surface area contributed by atoms with Gasteiger partial charge in [-0.15, -0.1) is 0 Å². The number of hydrogen-bond acceptors (Lipinski definition) is 4. The summed E-state index contributed by atoms with van der Waals surface area (Å²) < 4.78 is 0. The number of hydrogen-bond donors (Lipinski definition) is 1. The molecule has 0 amide bonds. The molecule has 2 heterocycles. The summed E-state index contributed by atoms with van der Waals surface area (Å²) in [5, 5.41) is 15.2. The van der Waals surface area contributed by atoms with Crippen LogP contribution >= 0.6 is 11.6 Å². The van der Waals surface area contributed by atoms with Gasteiger partial charge < -0.3 is 10.2 Å². The van der Waals surface area contributed by atoms with Gasteiger partial charge >= 0.3 is 0 Å². The van der Waals surface area contributed by atoms with Crippen LogP contribution in [-0.2, 0) is 0 Å². The van der Waals surface area contributed by atoms with Gasteiger partial charge in [0, 0.05) is 30.2 Å². The van der Waals surface area contributed by atoms with E-state index >= 15 is 0 Å². The third-order valence-electron chi connectivity index (χ3n) is 4.07. The molecule has 2 atom stereocenters. The van der Waals surface area contributed by atoms with Crippen molar-refractivity contribution >= 4 is 23.0 Å². The van der Waals surface area contributed by atoms with Crippen molar-refractivity contribution in [3.8, 4) is 0 Å². The highest BCUT2D eigenvalue weighted by atomic mass is 35.5. The Labute approximate surface area is 116 Å². The first-order valence-corrected chi connectivity index (χ1v) is 6.95. The highest BCUT2D eigenvalue weighted by Gasteiger charge is 2.36. The third kappa shape index (κ3) is 2.40. The second kappa shape index (κ2) is 4.98. The van der Waals surface area contributed by atoms with E-state index in [-0.39, 0.29) is 10.6 Å². The van der Waals surface area contributed by atoms with Crippen molar-refractivity contribution in [2.75, 3.05) is 24.5 Å². The fourth-order valence-electron chi connectivity index (χ4n) is 3.15. The quantitative estimate of drug-likeness (QED) is 0.668. The van der Waals surface area contributed by atoms with Gasteiger partial charge in [0.2, 0.25) is 0 Å². The van der Waals surface area contributed by atoms with Crippen LogP contribution in [0.5, 0.6) is 0 Å². The molecule has 2 aliphatic rings. The maximum Gasteiger partial charge on any atom is 0.292 e. The number of nitro groups is 1. The summed E-state index contributed by atoms with van der Waals surface area (Å²) in [6.07, 6.45) is 2.38. The summed E-state index contributed by atoms with van der Waals surface area (Å²) in [7, 11) is 0. The molecule has 2 fully saturated rings. The lowest BCUT2D eigenvalue weighted by Gasteiger charge is -2.24. The van der Waals surface area contributed by atoms with Crippen molar-refractivity contribution in [3.63, 3.8) is 0 Å². The molecule has 5 nitrogen and oxygen atoms in total. The van der Waals surface area contributed by atoms with Crippen molar-refractivity contribution in [1.29, 1.82) is 0 Å². The third-order valence-corrected chi connectivity index (χ3v) is 4.31. The van der Waals surface area contributed by atoms with E-state index in [0.717, 1.165) is 19.6 Å². The van der Waals surface area contributed by atoms with E-state index in [9.17, 15) is 10.1 Å². The molecule has 1 aromatic rings. The Kier molecular flexibility index (Phi) is 3.33. The number of rotatable bonds is 2. The van der Waals surface area contributed by atoms with Gasteiger partial charge in [-0.05, 0) is 37.4 Å². The maximum atomic E-state index is 11.1. The second-order valence-electron chi connectivity index (χ2n) is 5.26.